The largest absolute Gasteiger partial charge is 0.353 e. The molecule has 0 atom stereocenters. The second kappa shape index (κ2) is 9.28. The number of para-hydroxylation sites is 1. The van der Waals surface area contributed by atoms with Crippen LogP contribution in [0.4, 0.5) is 11.5 Å². The number of benzene rings is 1. The molecule has 168 valence electrons. The third kappa shape index (κ3) is 4.21. The van der Waals surface area contributed by atoms with E-state index in [1.54, 1.807) is 6.20 Å². The molecule has 3 aliphatic rings. The van der Waals surface area contributed by atoms with Gasteiger partial charge in [0.05, 0.1) is 12.1 Å². The topological polar surface area (TPSA) is 60.0 Å². The van der Waals surface area contributed by atoms with E-state index in [1.807, 2.05) is 40.1 Å². The molecule has 0 aliphatic carbocycles. The third-order valence-corrected chi connectivity index (χ3v) is 6.88. The molecule has 4 heterocycles. The van der Waals surface area contributed by atoms with Gasteiger partial charge in [0.15, 0.2) is 0 Å². The minimum absolute atomic E-state index is 0.0955. The summed E-state index contributed by atoms with van der Waals surface area (Å²) in [5.41, 5.74) is 3.02. The Hall–Kier alpha value is -2.93. The van der Waals surface area contributed by atoms with Crippen molar-refractivity contribution in [3.63, 3.8) is 0 Å². The summed E-state index contributed by atoms with van der Waals surface area (Å²) in [4.78, 5) is 39.0. The van der Waals surface area contributed by atoms with Crippen molar-refractivity contribution in [2.24, 2.45) is 0 Å². The smallest absolute Gasteiger partial charge is 0.257 e. The van der Waals surface area contributed by atoms with E-state index in [4.69, 9.17) is 0 Å². The summed E-state index contributed by atoms with van der Waals surface area (Å²) in [5.74, 6) is 1.04. The maximum Gasteiger partial charge on any atom is 0.257 e. The summed E-state index contributed by atoms with van der Waals surface area (Å²) in [6.45, 7) is 5.98. The summed E-state index contributed by atoms with van der Waals surface area (Å²) >= 11 is 0. The van der Waals surface area contributed by atoms with Crippen molar-refractivity contribution in [1.82, 2.24) is 14.8 Å². The minimum Gasteiger partial charge on any atom is -0.353 e. The van der Waals surface area contributed by atoms with Crippen molar-refractivity contribution in [2.45, 2.75) is 25.7 Å². The first-order chi connectivity index (χ1) is 15.7. The summed E-state index contributed by atoms with van der Waals surface area (Å²) in [6, 6.07) is 11.9. The molecule has 7 nitrogen and oxygen atoms in total. The predicted octanol–water partition coefficient (Wildman–Crippen LogP) is 2.42. The zero-order chi connectivity index (χ0) is 21.9. The number of carbonyl (C=O) groups excluding carboxylic acids is 2. The van der Waals surface area contributed by atoms with Gasteiger partial charge < -0.3 is 14.7 Å². The van der Waals surface area contributed by atoms with Crippen LogP contribution in [-0.4, -0.2) is 79.0 Å². The summed E-state index contributed by atoms with van der Waals surface area (Å²) < 4.78 is 0. The van der Waals surface area contributed by atoms with Crippen LogP contribution in [0.25, 0.3) is 0 Å². The lowest BCUT2D eigenvalue weighted by Gasteiger charge is -2.36. The Kier molecular flexibility index (Phi) is 6.08. The number of piperazine rings is 1. The van der Waals surface area contributed by atoms with Crippen molar-refractivity contribution in [1.29, 1.82) is 0 Å². The van der Waals surface area contributed by atoms with Crippen LogP contribution < -0.4 is 9.80 Å². The van der Waals surface area contributed by atoms with Crippen molar-refractivity contribution in [2.75, 3.05) is 62.2 Å². The first kappa shape index (κ1) is 20.9. The fourth-order valence-electron chi connectivity index (χ4n) is 5.07. The number of piperidine rings is 1. The van der Waals surface area contributed by atoms with Crippen LogP contribution in [0.2, 0.25) is 0 Å². The molecular weight excluding hydrogens is 402 g/mol. The molecule has 5 rings (SSSR count). The zero-order valence-corrected chi connectivity index (χ0v) is 18.6. The molecule has 2 fully saturated rings. The molecule has 0 saturated carbocycles. The Bertz CT molecular complexity index is 980. The molecule has 32 heavy (non-hydrogen) atoms. The summed E-state index contributed by atoms with van der Waals surface area (Å²) in [6.07, 6.45) is 6.06. The van der Waals surface area contributed by atoms with E-state index >= 15 is 0 Å². The Labute approximate surface area is 189 Å². The van der Waals surface area contributed by atoms with Crippen LogP contribution in [0, 0.1) is 0 Å². The molecule has 7 heteroatoms. The van der Waals surface area contributed by atoms with Crippen LogP contribution in [0.3, 0.4) is 0 Å². The van der Waals surface area contributed by atoms with E-state index < -0.39 is 0 Å². The van der Waals surface area contributed by atoms with Gasteiger partial charge in [-0.25, -0.2) is 4.98 Å². The van der Waals surface area contributed by atoms with Gasteiger partial charge in [0, 0.05) is 57.7 Å². The monoisotopic (exact) mass is 433 g/mol. The van der Waals surface area contributed by atoms with Crippen LogP contribution in [0.15, 0.2) is 42.6 Å². The Balaban J connectivity index is 1.20. The number of pyridine rings is 1. The van der Waals surface area contributed by atoms with Gasteiger partial charge >= 0.3 is 0 Å². The Morgan fingerprint density at radius 1 is 0.844 bits per heavy atom. The number of rotatable bonds is 4. The SMILES string of the molecule is O=C(c1cccnc1N1CCN(CC(=O)N2CCc3ccccc32)CC1)N1CCCCC1. The first-order valence-corrected chi connectivity index (χ1v) is 11.8. The molecule has 0 spiro atoms. The number of anilines is 2. The molecule has 0 N–H and O–H groups in total. The van der Waals surface area contributed by atoms with Crippen LogP contribution >= 0.6 is 0 Å². The molecule has 2 amide bonds. The number of nitrogens with zero attached hydrogens (tertiary/aromatic N) is 5. The van der Waals surface area contributed by atoms with Gasteiger partial charge in [0.25, 0.3) is 5.91 Å². The molecule has 0 unspecified atom stereocenters. The highest BCUT2D eigenvalue weighted by Gasteiger charge is 2.29. The van der Waals surface area contributed by atoms with Crippen LogP contribution in [0.5, 0.6) is 0 Å². The van der Waals surface area contributed by atoms with E-state index in [1.165, 1.54) is 12.0 Å². The number of carbonyl (C=O) groups is 2. The highest BCUT2D eigenvalue weighted by Crippen LogP contribution is 2.28. The van der Waals surface area contributed by atoms with Crippen LogP contribution in [0.1, 0.15) is 35.2 Å². The van der Waals surface area contributed by atoms with Crippen molar-refractivity contribution < 1.29 is 9.59 Å². The number of likely N-dealkylation sites (tertiary alicyclic amines) is 1. The normalized spacial score (nSPS) is 19.2. The second-order valence-electron chi connectivity index (χ2n) is 8.91. The molecule has 0 radical (unpaired) electrons. The fourth-order valence-corrected chi connectivity index (χ4v) is 5.07. The molecule has 1 aromatic heterocycles. The number of fused-ring (bicyclic) bond motifs is 1. The van der Waals surface area contributed by atoms with E-state index in [-0.39, 0.29) is 11.8 Å². The van der Waals surface area contributed by atoms with Crippen molar-refractivity contribution in [3.8, 4) is 0 Å². The van der Waals surface area contributed by atoms with Gasteiger partial charge in [-0.2, -0.15) is 0 Å². The fraction of sp³-hybridized carbons (Fsp3) is 0.480. The van der Waals surface area contributed by atoms with E-state index in [9.17, 15) is 9.59 Å². The molecular formula is C25H31N5O2. The van der Waals surface area contributed by atoms with Gasteiger partial charge in [0.2, 0.25) is 5.91 Å². The number of amides is 2. The average molecular weight is 434 g/mol. The maximum atomic E-state index is 13.1. The first-order valence-electron chi connectivity index (χ1n) is 11.8. The minimum atomic E-state index is 0.0955. The van der Waals surface area contributed by atoms with Gasteiger partial charge in [-0.05, 0) is 49.4 Å². The third-order valence-electron chi connectivity index (χ3n) is 6.88. The van der Waals surface area contributed by atoms with Gasteiger partial charge in [0.1, 0.15) is 5.82 Å². The number of hydrogen-bond donors (Lipinski definition) is 0. The number of aromatic nitrogens is 1. The number of hydrogen-bond acceptors (Lipinski definition) is 5. The van der Waals surface area contributed by atoms with Gasteiger partial charge in [-0.15, -0.1) is 0 Å². The molecule has 3 aliphatic heterocycles. The standard InChI is InChI=1S/C25H31N5O2/c31-23(30-14-10-20-7-2-3-9-22(20)30)19-27-15-17-28(18-16-27)24-21(8-6-11-26-24)25(32)29-12-4-1-5-13-29/h2-3,6-9,11H,1,4-5,10,12-19H2. The second-order valence-corrected chi connectivity index (χ2v) is 8.91. The molecule has 2 saturated heterocycles. The lowest BCUT2D eigenvalue weighted by atomic mass is 10.1. The van der Waals surface area contributed by atoms with Gasteiger partial charge in [-0.1, -0.05) is 18.2 Å². The molecule has 1 aromatic carbocycles. The average Bonchev–Trinajstić information content (AvgIpc) is 3.29. The van der Waals surface area contributed by atoms with Crippen LogP contribution in [-0.2, 0) is 11.2 Å². The Morgan fingerprint density at radius 3 is 2.44 bits per heavy atom. The highest BCUT2D eigenvalue weighted by atomic mass is 16.2. The van der Waals surface area contributed by atoms with E-state index in [2.05, 4.69) is 20.9 Å². The summed E-state index contributed by atoms with van der Waals surface area (Å²) in [5, 5.41) is 0. The molecule has 0 bridgehead atoms. The molecule has 2 aromatic rings. The predicted molar refractivity (Wildman–Crippen MR) is 125 cm³/mol. The highest BCUT2D eigenvalue weighted by molar-refractivity contribution is 5.99. The van der Waals surface area contributed by atoms with Gasteiger partial charge in [-0.3, -0.25) is 14.5 Å². The lowest BCUT2D eigenvalue weighted by Crippen LogP contribution is -2.50. The maximum absolute atomic E-state index is 13.1. The van der Waals surface area contributed by atoms with Crippen molar-refractivity contribution in [3.05, 3.63) is 53.7 Å². The zero-order valence-electron chi connectivity index (χ0n) is 18.6. The summed E-state index contributed by atoms with van der Waals surface area (Å²) in [7, 11) is 0. The quantitative estimate of drug-likeness (QED) is 0.741. The van der Waals surface area contributed by atoms with E-state index in [0.29, 0.717) is 12.1 Å². The Morgan fingerprint density at radius 2 is 1.62 bits per heavy atom. The lowest BCUT2D eigenvalue weighted by molar-refractivity contribution is -0.119. The van der Waals surface area contributed by atoms with Crippen molar-refractivity contribution >= 4 is 23.3 Å². The van der Waals surface area contributed by atoms with E-state index in [0.717, 1.165) is 76.6 Å².